The van der Waals surface area contributed by atoms with Crippen LogP contribution in [0.5, 0.6) is 0 Å². The van der Waals surface area contributed by atoms with E-state index in [4.69, 9.17) is 16.3 Å². The second-order valence-corrected chi connectivity index (χ2v) is 7.60. The van der Waals surface area contributed by atoms with Crippen molar-refractivity contribution in [2.45, 2.75) is 32.0 Å². The van der Waals surface area contributed by atoms with Crippen LogP contribution in [0, 0.1) is 5.82 Å². The molecule has 1 aromatic carbocycles. The molecule has 0 aliphatic carbocycles. The van der Waals surface area contributed by atoms with E-state index >= 15 is 0 Å². The summed E-state index contributed by atoms with van der Waals surface area (Å²) >= 11 is 5.76. The monoisotopic (exact) mass is 437 g/mol. The number of carbonyl (C=O) groups excluding carboxylic acids is 1. The summed E-state index contributed by atoms with van der Waals surface area (Å²) in [5, 5.41) is 15.1. The maximum absolute atomic E-state index is 13.9. The van der Waals surface area contributed by atoms with Gasteiger partial charge in [-0.05, 0) is 36.6 Å². The largest absolute Gasteiger partial charge is 0.394 e. The Balaban J connectivity index is 1.70. The number of hydrogen-bond acceptors (Lipinski definition) is 6. The van der Waals surface area contributed by atoms with Crippen LogP contribution in [0.2, 0.25) is 5.02 Å². The highest BCUT2D eigenvalue weighted by Crippen LogP contribution is 2.22. The zero-order valence-corrected chi connectivity index (χ0v) is 17.6. The van der Waals surface area contributed by atoms with E-state index < -0.39 is 11.9 Å². The first kappa shape index (κ1) is 22.2. The molecule has 2 heterocycles. The van der Waals surface area contributed by atoms with Gasteiger partial charge in [0.2, 0.25) is 5.95 Å². The summed E-state index contributed by atoms with van der Waals surface area (Å²) in [6, 6.07) is 3.41. The first-order chi connectivity index (χ1) is 14.4. The number of anilines is 1. The van der Waals surface area contributed by atoms with E-state index in [1.54, 1.807) is 17.2 Å². The summed E-state index contributed by atoms with van der Waals surface area (Å²) in [6.45, 7) is 2.79. The Morgan fingerprint density at radius 1 is 1.47 bits per heavy atom. The minimum absolute atomic E-state index is 0.0218. The lowest BCUT2D eigenvalue weighted by Crippen LogP contribution is -2.45. The van der Waals surface area contributed by atoms with Crippen molar-refractivity contribution in [3.05, 3.63) is 52.1 Å². The summed E-state index contributed by atoms with van der Waals surface area (Å²) in [5.41, 5.74) is 2.30. The zero-order valence-electron chi connectivity index (χ0n) is 16.9. The predicted molar refractivity (Wildman–Crippen MR) is 111 cm³/mol. The summed E-state index contributed by atoms with van der Waals surface area (Å²) in [6.07, 6.45) is 2.37. The topological polar surface area (TPSA) is 99.6 Å². The van der Waals surface area contributed by atoms with Gasteiger partial charge in [0.1, 0.15) is 5.82 Å². The molecule has 1 aliphatic rings. The number of carbonyl (C=O) groups is 1. The number of hydrogen-bond donors (Lipinski definition) is 3. The summed E-state index contributed by atoms with van der Waals surface area (Å²) in [4.78, 5) is 23.3. The van der Waals surface area contributed by atoms with Crippen molar-refractivity contribution < 1.29 is 19.0 Å². The molecule has 10 heteroatoms. The van der Waals surface area contributed by atoms with Gasteiger partial charge >= 0.3 is 6.03 Å². The maximum Gasteiger partial charge on any atom is 0.318 e. The number of benzene rings is 1. The SMILES string of the molecule is COCC(NC(=O)N1CCc2cnc(NC(C)CO)nc2C1)c1ccc(Cl)c(F)c1. The molecule has 0 spiro atoms. The molecule has 30 heavy (non-hydrogen) atoms. The fraction of sp³-hybridized carbons (Fsp3) is 0.450. The van der Waals surface area contributed by atoms with Crippen LogP contribution >= 0.6 is 11.6 Å². The Morgan fingerprint density at radius 3 is 2.97 bits per heavy atom. The maximum atomic E-state index is 13.9. The number of ether oxygens (including phenoxy) is 1. The Bertz CT molecular complexity index is 901. The molecule has 2 atom stereocenters. The number of amides is 2. The molecular weight excluding hydrogens is 413 g/mol. The molecular formula is C20H25ClFN5O3. The lowest BCUT2D eigenvalue weighted by molar-refractivity contribution is 0.152. The van der Waals surface area contributed by atoms with Crippen molar-refractivity contribution in [2.75, 3.05) is 32.2 Å². The minimum atomic E-state index is -0.551. The molecule has 0 fully saturated rings. The Labute approximate surface area is 179 Å². The molecule has 1 aliphatic heterocycles. The van der Waals surface area contributed by atoms with Gasteiger partial charge in [-0.25, -0.2) is 19.2 Å². The highest BCUT2D eigenvalue weighted by Gasteiger charge is 2.25. The fourth-order valence-electron chi connectivity index (χ4n) is 3.17. The summed E-state index contributed by atoms with van der Waals surface area (Å²) < 4.78 is 19.1. The molecule has 0 saturated carbocycles. The second kappa shape index (κ2) is 10.0. The van der Waals surface area contributed by atoms with Gasteiger partial charge in [0, 0.05) is 25.9 Å². The second-order valence-electron chi connectivity index (χ2n) is 7.20. The third-order valence-electron chi connectivity index (χ3n) is 4.86. The van der Waals surface area contributed by atoms with Crippen molar-refractivity contribution in [3.63, 3.8) is 0 Å². The number of aliphatic hydroxyl groups is 1. The third-order valence-corrected chi connectivity index (χ3v) is 5.17. The Kier molecular flexibility index (Phi) is 7.41. The van der Waals surface area contributed by atoms with E-state index in [-0.39, 0.29) is 30.3 Å². The van der Waals surface area contributed by atoms with Crippen LogP contribution < -0.4 is 10.6 Å². The van der Waals surface area contributed by atoms with E-state index in [1.165, 1.54) is 19.2 Å². The van der Waals surface area contributed by atoms with Crippen LogP contribution in [0.25, 0.3) is 0 Å². The molecule has 0 radical (unpaired) electrons. The van der Waals surface area contributed by atoms with Crippen molar-refractivity contribution in [2.24, 2.45) is 0 Å². The number of aliphatic hydroxyl groups excluding tert-OH is 1. The van der Waals surface area contributed by atoms with Crippen LogP contribution in [0.4, 0.5) is 15.1 Å². The Morgan fingerprint density at radius 2 is 2.27 bits per heavy atom. The molecule has 1 aromatic heterocycles. The number of halogens is 2. The average molecular weight is 438 g/mol. The number of urea groups is 1. The summed E-state index contributed by atoms with van der Waals surface area (Å²) in [5.74, 6) is -0.142. The van der Waals surface area contributed by atoms with Gasteiger partial charge in [0.05, 0.1) is 36.5 Å². The molecule has 0 bridgehead atoms. The van der Waals surface area contributed by atoms with Gasteiger partial charge in [-0.15, -0.1) is 0 Å². The first-order valence-corrected chi connectivity index (χ1v) is 10.0. The first-order valence-electron chi connectivity index (χ1n) is 9.62. The standard InChI is InChI=1S/C20H25ClFN5O3/c1-12(10-28)24-19-23-8-14-5-6-27(9-17(14)25-19)20(29)26-18(11-30-2)13-3-4-15(21)16(22)7-13/h3-4,7-8,12,18,28H,5-6,9-11H2,1-2H3,(H,26,29)(H,23,24,25). The third kappa shape index (κ3) is 5.35. The quantitative estimate of drug-likeness (QED) is 0.615. The number of rotatable bonds is 7. The average Bonchev–Trinajstić information content (AvgIpc) is 2.74. The molecule has 2 aromatic rings. The molecule has 3 N–H and O–H groups in total. The predicted octanol–water partition coefficient (Wildman–Crippen LogP) is 2.52. The van der Waals surface area contributed by atoms with Gasteiger partial charge in [-0.3, -0.25) is 0 Å². The van der Waals surface area contributed by atoms with E-state index in [0.717, 1.165) is 11.3 Å². The van der Waals surface area contributed by atoms with Crippen molar-refractivity contribution in [1.82, 2.24) is 20.2 Å². The van der Waals surface area contributed by atoms with Gasteiger partial charge in [0.25, 0.3) is 0 Å². The lowest BCUT2D eigenvalue weighted by Gasteiger charge is -2.30. The fourth-order valence-corrected chi connectivity index (χ4v) is 3.29. The minimum Gasteiger partial charge on any atom is -0.394 e. The van der Waals surface area contributed by atoms with Crippen molar-refractivity contribution >= 4 is 23.6 Å². The van der Waals surface area contributed by atoms with Crippen molar-refractivity contribution in [1.29, 1.82) is 0 Å². The summed E-state index contributed by atoms with van der Waals surface area (Å²) in [7, 11) is 1.52. The van der Waals surface area contributed by atoms with Gasteiger partial charge in [0.15, 0.2) is 0 Å². The van der Waals surface area contributed by atoms with Crippen LogP contribution in [0.1, 0.15) is 29.8 Å². The smallest absolute Gasteiger partial charge is 0.318 e. The van der Waals surface area contributed by atoms with E-state index in [0.29, 0.717) is 31.0 Å². The van der Waals surface area contributed by atoms with Crippen LogP contribution in [-0.4, -0.2) is 58.9 Å². The number of methoxy groups -OCH3 is 1. The molecule has 162 valence electrons. The normalized spacial score (nSPS) is 15.3. The van der Waals surface area contributed by atoms with E-state index in [2.05, 4.69) is 20.6 Å². The highest BCUT2D eigenvalue weighted by molar-refractivity contribution is 6.30. The number of fused-ring (bicyclic) bond motifs is 1. The number of aromatic nitrogens is 2. The zero-order chi connectivity index (χ0) is 21.7. The number of nitrogens with one attached hydrogen (secondary N) is 2. The van der Waals surface area contributed by atoms with Gasteiger partial charge in [-0.2, -0.15) is 0 Å². The van der Waals surface area contributed by atoms with Crippen molar-refractivity contribution in [3.8, 4) is 0 Å². The van der Waals surface area contributed by atoms with E-state index in [9.17, 15) is 14.3 Å². The lowest BCUT2D eigenvalue weighted by atomic mass is 10.1. The highest BCUT2D eigenvalue weighted by atomic mass is 35.5. The molecule has 8 nitrogen and oxygen atoms in total. The van der Waals surface area contributed by atoms with Gasteiger partial charge < -0.3 is 25.4 Å². The number of nitrogens with zero attached hydrogens (tertiary/aromatic N) is 3. The Hall–Kier alpha value is -2.49. The van der Waals surface area contributed by atoms with Crippen LogP contribution in [0.3, 0.4) is 0 Å². The molecule has 0 saturated heterocycles. The molecule has 2 unspecified atom stereocenters. The van der Waals surface area contributed by atoms with Crippen LogP contribution in [0.15, 0.2) is 24.4 Å². The molecule has 2 amide bonds. The van der Waals surface area contributed by atoms with Gasteiger partial charge in [-0.1, -0.05) is 17.7 Å². The molecule has 3 rings (SSSR count). The van der Waals surface area contributed by atoms with E-state index in [1.807, 2.05) is 6.92 Å². The van der Waals surface area contributed by atoms with Crippen LogP contribution in [-0.2, 0) is 17.7 Å².